The molecule has 0 bridgehead atoms. The maximum Gasteiger partial charge on any atom is 0.0660 e. The van der Waals surface area contributed by atoms with E-state index in [0.717, 1.165) is 12.2 Å². The molecule has 0 aromatic heterocycles. The summed E-state index contributed by atoms with van der Waals surface area (Å²) < 4.78 is 5.01. The van der Waals surface area contributed by atoms with Crippen LogP contribution in [0.1, 0.15) is 13.3 Å². The lowest BCUT2D eigenvalue weighted by molar-refractivity contribution is 0.105. The molecule has 0 fully saturated rings. The molecule has 0 aliphatic rings. The van der Waals surface area contributed by atoms with Crippen molar-refractivity contribution >= 4 is 11.8 Å². The number of hydrogen-bond donors (Lipinski definition) is 1. The number of aliphatic hydroxyl groups is 1. The summed E-state index contributed by atoms with van der Waals surface area (Å²) in [5, 5.41) is 9.93. The van der Waals surface area contributed by atoms with Gasteiger partial charge in [0.05, 0.1) is 6.10 Å². The molecule has 16 heavy (non-hydrogen) atoms. The minimum Gasteiger partial charge on any atom is -0.392 e. The molecule has 0 saturated carbocycles. The van der Waals surface area contributed by atoms with Gasteiger partial charge in [0.1, 0.15) is 0 Å². The highest BCUT2D eigenvalue weighted by Crippen LogP contribution is 2.21. The minimum atomic E-state index is -0.264. The number of ether oxygens (including phenoxy) is 1. The average Bonchev–Trinajstić information content (AvgIpc) is 2.34. The predicted molar refractivity (Wildman–Crippen MR) is 68.8 cm³/mol. The van der Waals surface area contributed by atoms with Crippen molar-refractivity contribution in [1.29, 1.82) is 0 Å². The van der Waals surface area contributed by atoms with Gasteiger partial charge in [-0.3, -0.25) is 0 Å². The van der Waals surface area contributed by atoms with Crippen LogP contribution < -0.4 is 0 Å². The summed E-state index contributed by atoms with van der Waals surface area (Å²) in [7, 11) is 1.69. The highest BCUT2D eigenvalue weighted by atomic mass is 32.2. The Morgan fingerprint density at radius 1 is 1.31 bits per heavy atom. The van der Waals surface area contributed by atoms with Gasteiger partial charge in [-0.15, -0.1) is 11.8 Å². The molecular weight excluding hydrogens is 220 g/mol. The zero-order valence-corrected chi connectivity index (χ0v) is 10.7. The van der Waals surface area contributed by atoms with Gasteiger partial charge in [0, 0.05) is 24.4 Å². The molecule has 0 heterocycles. The molecular formula is C13H20O2S. The van der Waals surface area contributed by atoms with Crippen molar-refractivity contribution in [3.05, 3.63) is 30.3 Å². The molecule has 1 N–H and O–H groups in total. The third kappa shape index (κ3) is 5.01. The van der Waals surface area contributed by atoms with Gasteiger partial charge in [0.2, 0.25) is 0 Å². The third-order valence-electron chi connectivity index (χ3n) is 2.60. The standard InChI is InChI=1S/C13H20O2S/c1-11(8-9-15-2)13(14)10-16-12-6-4-3-5-7-12/h3-7,11,13-14H,8-10H2,1-2H3. The fourth-order valence-electron chi connectivity index (χ4n) is 1.36. The molecule has 1 rings (SSSR count). The van der Waals surface area contributed by atoms with E-state index in [0.29, 0.717) is 6.61 Å². The van der Waals surface area contributed by atoms with Crippen LogP contribution in [-0.4, -0.2) is 30.7 Å². The molecule has 0 aliphatic heterocycles. The Balaban J connectivity index is 2.26. The molecule has 2 nitrogen and oxygen atoms in total. The zero-order valence-electron chi connectivity index (χ0n) is 9.93. The molecule has 3 heteroatoms. The second kappa shape index (κ2) is 7.71. The first kappa shape index (κ1) is 13.6. The normalized spacial score (nSPS) is 14.7. The number of rotatable bonds is 7. The summed E-state index contributed by atoms with van der Waals surface area (Å²) in [6.45, 7) is 2.78. The van der Waals surface area contributed by atoms with E-state index in [-0.39, 0.29) is 12.0 Å². The maximum atomic E-state index is 9.93. The van der Waals surface area contributed by atoms with E-state index in [2.05, 4.69) is 19.1 Å². The number of benzene rings is 1. The van der Waals surface area contributed by atoms with Crippen LogP contribution in [0.3, 0.4) is 0 Å². The lowest BCUT2D eigenvalue weighted by Crippen LogP contribution is -2.21. The fraction of sp³-hybridized carbons (Fsp3) is 0.538. The zero-order chi connectivity index (χ0) is 11.8. The summed E-state index contributed by atoms with van der Waals surface area (Å²) in [5.74, 6) is 1.03. The SMILES string of the molecule is COCCC(C)C(O)CSc1ccccc1. The first-order valence-electron chi connectivity index (χ1n) is 5.59. The number of methoxy groups -OCH3 is 1. The van der Waals surface area contributed by atoms with Crippen LogP contribution >= 0.6 is 11.8 Å². The third-order valence-corrected chi connectivity index (χ3v) is 3.71. The van der Waals surface area contributed by atoms with Crippen molar-refractivity contribution in [3.63, 3.8) is 0 Å². The van der Waals surface area contributed by atoms with Gasteiger partial charge in [-0.05, 0) is 24.5 Å². The summed E-state index contributed by atoms with van der Waals surface area (Å²) in [6.07, 6.45) is 0.646. The Bertz CT molecular complexity index is 277. The van der Waals surface area contributed by atoms with Crippen molar-refractivity contribution < 1.29 is 9.84 Å². The van der Waals surface area contributed by atoms with E-state index in [4.69, 9.17) is 4.74 Å². The minimum absolute atomic E-state index is 0.264. The Labute approximate surface area is 102 Å². The summed E-state index contributed by atoms with van der Waals surface area (Å²) in [4.78, 5) is 1.21. The van der Waals surface area contributed by atoms with Crippen LogP contribution in [0.25, 0.3) is 0 Å². The fourth-order valence-corrected chi connectivity index (χ4v) is 2.40. The summed E-state index contributed by atoms with van der Waals surface area (Å²) >= 11 is 1.70. The van der Waals surface area contributed by atoms with Crippen LogP contribution in [0.2, 0.25) is 0 Å². The van der Waals surface area contributed by atoms with E-state index in [1.54, 1.807) is 18.9 Å². The van der Waals surface area contributed by atoms with E-state index in [1.807, 2.05) is 18.2 Å². The first-order chi connectivity index (χ1) is 7.74. The van der Waals surface area contributed by atoms with Gasteiger partial charge in [0.15, 0.2) is 0 Å². The number of hydrogen-bond acceptors (Lipinski definition) is 3. The predicted octanol–water partition coefficient (Wildman–Crippen LogP) is 2.81. The Hall–Kier alpha value is -0.510. The molecule has 1 aromatic carbocycles. The van der Waals surface area contributed by atoms with Crippen molar-refractivity contribution in [2.45, 2.75) is 24.3 Å². The van der Waals surface area contributed by atoms with Gasteiger partial charge >= 0.3 is 0 Å². The lowest BCUT2D eigenvalue weighted by atomic mass is 10.0. The van der Waals surface area contributed by atoms with Gasteiger partial charge in [-0.1, -0.05) is 25.1 Å². The molecule has 90 valence electrons. The molecule has 1 aromatic rings. The maximum absolute atomic E-state index is 9.93. The molecule has 0 saturated heterocycles. The Kier molecular flexibility index (Phi) is 6.53. The smallest absolute Gasteiger partial charge is 0.0660 e. The first-order valence-corrected chi connectivity index (χ1v) is 6.57. The van der Waals surface area contributed by atoms with Gasteiger partial charge in [-0.2, -0.15) is 0 Å². The number of aliphatic hydroxyl groups excluding tert-OH is 1. The highest BCUT2D eigenvalue weighted by molar-refractivity contribution is 7.99. The van der Waals surface area contributed by atoms with Gasteiger partial charge < -0.3 is 9.84 Å². The molecule has 0 radical (unpaired) electrons. The van der Waals surface area contributed by atoms with Crippen molar-refractivity contribution in [3.8, 4) is 0 Å². The monoisotopic (exact) mass is 240 g/mol. The van der Waals surface area contributed by atoms with Gasteiger partial charge in [0.25, 0.3) is 0 Å². The van der Waals surface area contributed by atoms with Gasteiger partial charge in [-0.25, -0.2) is 0 Å². The van der Waals surface area contributed by atoms with E-state index < -0.39 is 0 Å². The molecule has 2 unspecified atom stereocenters. The molecule has 2 atom stereocenters. The Morgan fingerprint density at radius 2 is 2.00 bits per heavy atom. The van der Waals surface area contributed by atoms with E-state index >= 15 is 0 Å². The topological polar surface area (TPSA) is 29.5 Å². The summed E-state index contributed by atoms with van der Waals surface area (Å²) in [6, 6.07) is 10.2. The van der Waals surface area contributed by atoms with Crippen LogP contribution in [0.4, 0.5) is 0 Å². The summed E-state index contributed by atoms with van der Waals surface area (Å²) in [5.41, 5.74) is 0. The van der Waals surface area contributed by atoms with E-state index in [1.165, 1.54) is 4.90 Å². The molecule has 0 spiro atoms. The van der Waals surface area contributed by atoms with Crippen LogP contribution in [-0.2, 0) is 4.74 Å². The van der Waals surface area contributed by atoms with Crippen molar-refractivity contribution in [1.82, 2.24) is 0 Å². The second-order valence-corrected chi connectivity index (χ2v) is 5.04. The van der Waals surface area contributed by atoms with Crippen LogP contribution in [0.5, 0.6) is 0 Å². The largest absolute Gasteiger partial charge is 0.392 e. The average molecular weight is 240 g/mol. The quantitative estimate of drug-likeness (QED) is 0.743. The molecule has 0 amide bonds. The van der Waals surface area contributed by atoms with Crippen molar-refractivity contribution in [2.24, 2.45) is 5.92 Å². The van der Waals surface area contributed by atoms with Crippen LogP contribution in [0, 0.1) is 5.92 Å². The lowest BCUT2D eigenvalue weighted by Gasteiger charge is -2.17. The van der Waals surface area contributed by atoms with Crippen LogP contribution in [0.15, 0.2) is 35.2 Å². The highest BCUT2D eigenvalue weighted by Gasteiger charge is 2.13. The van der Waals surface area contributed by atoms with Crippen molar-refractivity contribution in [2.75, 3.05) is 19.5 Å². The second-order valence-electron chi connectivity index (χ2n) is 3.95. The van der Waals surface area contributed by atoms with E-state index in [9.17, 15) is 5.11 Å². The molecule has 0 aliphatic carbocycles. The Morgan fingerprint density at radius 3 is 2.62 bits per heavy atom. The number of thioether (sulfide) groups is 1.